The number of nitrogens with zero attached hydrogens (tertiary/aromatic N) is 1. The highest BCUT2D eigenvalue weighted by Gasteiger charge is 2.13. The van der Waals surface area contributed by atoms with E-state index in [-0.39, 0.29) is 0 Å². The Morgan fingerprint density at radius 2 is 1.81 bits per heavy atom. The van der Waals surface area contributed by atoms with Gasteiger partial charge in [0.2, 0.25) is 5.75 Å². The summed E-state index contributed by atoms with van der Waals surface area (Å²) >= 11 is 1.78. The standard InChI is InChI=1S/C20H29N3O3S/c1-6-21-20(22-12-14(2)18-8-7-9-27-18)23-13-15-10-16(24-3)19(26-5)17(11-15)25-4/h7-11,14H,6,12-13H2,1-5H3,(H2,21,22,23). The molecule has 2 rings (SSSR count). The molecule has 148 valence electrons. The first kappa shape index (κ1) is 20.9. The van der Waals surface area contributed by atoms with Gasteiger partial charge in [0.1, 0.15) is 0 Å². The van der Waals surface area contributed by atoms with Crippen molar-refractivity contribution < 1.29 is 14.2 Å². The normalized spacial score (nSPS) is 12.4. The van der Waals surface area contributed by atoms with Crippen LogP contribution in [0.2, 0.25) is 0 Å². The zero-order valence-electron chi connectivity index (χ0n) is 16.7. The topological polar surface area (TPSA) is 64.1 Å². The van der Waals surface area contributed by atoms with E-state index in [4.69, 9.17) is 14.2 Å². The molecule has 0 fully saturated rings. The zero-order valence-corrected chi connectivity index (χ0v) is 17.5. The van der Waals surface area contributed by atoms with Gasteiger partial charge in [0, 0.05) is 23.9 Å². The molecule has 0 spiro atoms. The van der Waals surface area contributed by atoms with Crippen molar-refractivity contribution in [2.75, 3.05) is 34.4 Å². The molecule has 0 saturated heterocycles. The molecule has 1 aromatic heterocycles. The van der Waals surface area contributed by atoms with Crippen LogP contribution in [0.4, 0.5) is 0 Å². The Morgan fingerprint density at radius 1 is 1.11 bits per heavy atom. The third kappa shape index (κ3) is 5.79. The first-order chi connectivity index (χ1) is 13.1. The third-order valence-corrected chi connectivity index (χ3v) is 5.20. The van der Waals surface area contributed by atoms with E-state index in [9.17, 15) is 0 Å². The second kappa shape index (κ2) is 10.7. The Labute approximate surface area is 165 Å². The van der Waals surface area contributed by atoms with Gasteiger partial charge in [0.05, 0.1) is 27.9 Å². The molecule has 0 aliphatic carbocycles. The minimum atomic E-state index is 0.426. The smallest absolute Gasteiger partial charge is 0.203 e. The summed E-state index contributed by atoms with van der Waals surface area (Å²) in [6.45, 7) is 6.39. The molecule has 27 heavy (non-hydrogen) atoms. The molecule has 2 N–H and O–H groups in total. The molecule has 0 radical (unpaired) electrons. The van der Waals surface area contributed by atoms with Crippen LogP contribution in [0.3, 0.4) is 0 Å². The minimum absolute atomic E-state index is 0.426. The lowest BCUT2D eigenvalue weighted by molar-refractivity contribution is 0.324. The van der Waals surface area contributed by atoms with Gasteiger partial charge in [-0.2, -0.15) is 0 Å². The predicted molar refractivity (Wildman–Crippen MR) is 112 cm³/mol. The molecular formula is C20H29N3O3S. The molecule has 1 atom stereocenters. The summed E-state index contributed by atoms with van der Waals surface area (Å²) in [6, 6.07) is 8.09. The van der Waals surface area contributed by atoms with Gasteiger partial charge >= 0.3 is 0 Å². The molecule has 6 nitrogen and oxygen atoms in total. The zero-order chi connectivity index (χ0) is 19.6. The predicted octanol–water partition coefficient (Wildman–Crippen LogP) is 3.63. The molecule has 1 aromatic carbocycles. The van der Waals surface area contributed by atoms with Gasteiger partial charge in [0.15, 0.2) is 17.5 Å². The number of aliphatic imine (C=N–C) groups is 1. The lowest BCUT2D eigenvalue weighted by Gasteiger charge is -2.16. The van der Waals surface area contributed by atoms with Crippen LogP contribution in [0.25, 0.3) is 0 Å². The van der Waals surface area contributed by atoms with E-state index < -0.39 is 0 Å². The van der Waals surface area contributed by atoms with Crippen molar-refractivity contribution in [3.05, 3.63) is 40.1 Å². The summed E-state index contributed by atoms with van der Waals surface area (Å²) in [7, 11) is 4.82. The maximum Gasteiger partial charge on any atom is 0.203 e. The monoisotopic (exact) mass is 391 g/mol. The number of hydrogen-bond acceptors (Lipinski definition) is 5. The van der Waals surface area contributed by atoms with Gasteiger partial charge in [-0.25, -0.2) is 4.99 Å². The van der Waals surface area contributed by atoms with Crippen molar-refractivity contribution in [2.45, 2.75) is 26.3 Å². The summed E-state index contributed by atoms with van der Waals surface area (Å²) in [5, 5.41) is 8.81. The van der Waals surface area contributed by atoms with Crippen molar-refractivity contribution in [3.8, 4) is 17.2 Å². The molecule has 0 aliphatic heterocycles. The molecule has 0 aliphatic rings. The number of benzene rings is 1. The van der Waals surface area contributed by atoms with Crippen molar-refractivity contribution in [3.63, 3.8) is 0 Å². The van der Waals surface area contributed by atoms with Crippen LogP contribution in [-0.4, -0.2) is 40.4 Å². The molecule has 2 aromatic rings. The SMILES string of the molecule is CCNC(=NCc1cc(OC)c(OC)c(OC)c1)NCC(C)c1cccs1. The van der Waals surface area contributed by atoms with E-state index >= 15 is 0 Å². The molecule has 1 heterocycles. The summed E-state index contributed by atoms with van der Waals surface area (Å²) in [4.78, 5) is 6.05. The molecular weight excluding hydrogens is 362 g/mol. The van der Waals surface area contributed by atoms with E-state index in [0.717, 1.165) is 24.6 Å². The number of nitrogens with one attached hydrogen (secondary N) is 2. The number of thiophene rings is 1. The van der Waals surface area contributed by atoms with Crippen LogP contribution in [0.1, 0.15) is 30.2 Å². The molecule has 0 bridgehead atoms. The molecule has 0 saturated carbocycles. The van der Waals surface area contributed by atoms with Crippen LogP contribution in [0.15, 0.2) is 34.6 Å². The first-order valence-electron chi connectivity index (χ1n) is 8.97. The second-order valence-corrected chi connectivity index (χ2v) is 7.01. The van der Waals surface area contributed by atoms with Crippen molar-refractivity contribution >= 4 is 17.3 Å². The molecule has 0 amide bonds. The fourth-order valence-corrected chi connectivity index (χ4v) is 3.45. The number of methoxy groups -OCH3 is 3. The third-order valence-electron chi connectivity index (χ3n) is 4.09. The number of hydrogen-bond donors (Lipinski definition) is 2. The lowest BCUT2D eigenvalue weighted by Crippen LogP contribution is -2.39. The van der Waals surface area contributed by atoms with Gasteiger partial charge in [-0.3, -0.25) is 0 Å². The Morgan fingerprint density at radius 3 is 2.33 bits per heavy atom. The average Bonchev–Trinajstić information content (AvgIpc) is 3.23. The summed E-state index contributed by atoms with van der Waals surface area (Å²) in [5.41, 5.74) is 0.980. The first-order valence-corrected chi connectivity index (χ1v) is 9.85. The van der Waals surface area contributed by atoms with Gasteiger partial charge in [-0.05, 0) is 36.1 Å². The van der Waals surface area contributed by atoms with Gasteiger partial charge in [-0.15, -0.1) is 11.3 Å². The average molecular weight is 392 g/mol. The van der Waals surface area contributed by atoms with Gasteiger partial charge in [0.25, 0.3) is 0 Å². The van der Waals surface area contributed by atoms with Crippen LogP contribution < -0.4 is 24.8 Å². The fraction of sp³-hybridized carbons (Fsp3) is 0.450. The van der Waals surface area contributed by atoms with Crippen molar-refractivity contribution in [2.24, 2.45) is 4.99 Å². The van der Waals surface area contributed by atoms with Crippen LogP contribution in [0, 0.1) is 0 Å². The van der Waals surface area contributed by atoms with Crippen molar-refractivity contribution in [1.82, 2.24) is 10.6 Å². The summed E-state index contributed by atoms with van der Waals surface area (Å²) in [6.07, 6.45) is 0. The Bertz CT molecular complexity index is 707. The number of guanidine groups is 1. The Balaban J connectivity index is 2.09. The minimum Gasteiger partial charge on any atom is -0.493 e. The maximum atomic E-state index is 5.41. The Kier molecular flexibility index (Phi) is 8.26. The maximum absolute atomic E-state index is 5.41. The van der Waals surface area contributed by atoms with E-state index in [2.05, 4.69) is 47.0 Å². The second-order valence-electron chi connectivity index (χ2n) is 6.03. The lowest BCUT2D eigenvalue weighted by atomic mass is 10.1. The highest BCUT2D eigenvalue weighted by molar-refractivity contribution is 7.10. The van der Waals surface area contributed by atoms with Crippen LogP contribution in [-0.2, 0) is 6.54 Å². The summed E-state index contributed by atoms with van der Waals surface area (Å²) in [5.74, 6) is 3.06. The summed E-state index contributed by atoms with van der Waals surface area (Å²) < 4.78 is 16.2. The van der Waals surface area contributed by atoms with Crippen molar-refractivity contribution in [1.29, 1.82) is 0 Å². The van der Waals surface area contributed by atoms with E-state index in [1.807, 2.05) is 12.1 Å². The number of rotatable bonds is 9. The Hall–Kier alpha value is -2.41. The van der Waals surface area contributed by atoms with Crippen LogP contribution >= 0.6 is 11.3 Å². The van der Waals surface area contributed by atoms with Gasteiger partial charge < -0.3 is 24.8 Å². The fourth-order valence-electron chi connectivity index (χ4n) is 2.66. The highest BCUT2D eigenvalue weighted by atomic mass is 32.1. The van der Waals surface area contributed by atoms with E-state index in [1.165, 1.54) is 4.88 Å². The quantitative estimate of drug-likeness (QED) is 0.505. The van der Waals surface area contributed by atoms with E-state index in [1.54, 1.807) is 32.7 Å². The highest BCUT2D eigenvalue weighted by Crippen LogP contribution is 2.38. The van der Waals surface area contributed by atoms with E-state index in [0.29, 0.717) is 29.7 Å². The number of ether oxygens (including phenoxy) is 3. The van der Waals surface area contributed by atoms with Gasteiger partial charge in [-0.1, -0.05) is 13.0 Å². The molecule has 1 unspecified atom stereocenters. The van der Waals surface area contributed by atoms with Crippen LogP contribution in [0.5, 0.6) is 17.2 Å². The largest absolute Gasteiger partial charge is 0.493 e. The molecule has 7 heteroatoms.